The summed E-state index contributed by atoms with van der Waals surface area (Å²) in [6.07, 6.45) is -2.81. The quantitative estimate of drug-likeness (QED) is 0.604. The molecule has 0 spiro atoms. The Morgan fingerprint density at radius 3 is 2.50 bits per heavy atom. The number of hydrogen-bond acceptors (Lipinski definition) is 5. The summed E-state index contributed by atoms with van der Waals surface area (Å²) >= 11 is 0.987. The van der Waals surface area contributed by atoms with Gasteiger partial charge in [-0.25, -0.2) is 22.2 Å². The number of hydrogen-bond donors (Lipinski definition) is 2. The Bertz CT molecular complexity index is 1190. The van der Waals surface area contributed by atoms with Gasteiger partial charge in [-0.15, -0.1) is 11.3 Å². The number of aromatic nitrogens is 2. The average molecular weight is 434 g/mol. The summed E-state index contributed by atoms with van der Waals surface area (Å²) in [5, 5.41) is 9.09. The first-order valence-electron chi connectivity index (χ1n) is 7.15. The minimum absolute atomic E-state index is 0.114. The predicted octanol–water partition coefficient (Wildman–Crippen LogP) is 4.11. The normalized spacial score (nSPS) is 12.0. The minimum atomic E-state index is -5.13. The van der Waals surface area contributed by atoms with E-state index in [0.717, 1.165) is 23.6 Å². The van der Waals surface area contributed by atoms with Gasteiger partial charge in [0.25, 0.3) is 10.0 Å². The number of aromatic amines is 1. The molecule has 3 rings (SSSR count). The minimum Gasteiger partial charge on any atom is -0.358 e. The van der Waals surface area contributed by atoms with Gasteiger partial charge in [0, 0.05) is 12.3 Å². The number of benzene rings is 1. The number of H-pyrrole nitrogens is 1. The molecule has 0 bridgehead atoms. The molecule has 2 heterocycles. The van der Waals surface area contributed by atoms with E-state index in [1.165, 1.54) is 6.20 Å². The molecule has 28 heavy (non-hydrogen) atoms. The van der Waals surface area contributed by atoms with Crippen molar-refractivity contribution in [3.8, 4) is 16.8 Å². The number of halogens is 5. The molecular formula is C15H7F5N4O2S2. The number of sulfonamides is 1. The number of nitrogens with one attached hydrogen (secondary N) is 2. The zero-order valence-corrected chi connectivity index (χ0v) is 14.9. The molecule has 0 fully saturated rings. The molecule has 13 heteroatoms. The SMILES string of the molecule is N#Cc1cnc(-c2cc(S(=O)(=O)Nc3cc(F)c(C(F)(F)F)cc3F)c[nH]2)s1. The van der Waals surface area contributed by atoms with Crippen molar-refractivity contribution in [3.63, 3.8) is 0 Å². The van der Waals surface area contributed by atoms with Gasteiger partial charge in [-0.2, -0.15) is 18.4 Å². The Morgan fingerprint density at radius 2 is 1.89 bits per heavy atom. The number of alkyl halides is 3. The van der Waals surface area contributed by atoms with Crippen molar-refractivity contribution in [2.24, 2.45) is 0 Å². The highest BCUT2D eigenvalue weighted by atomic mass is 32.2. The maximum Gasteiger partial charge on any atom is 0.419 e. The maximum absolute atomic E-state index is 13.9. The third-order valence-corrected chi connectivity index (χ3v) is 5.70. The number of nitriles is 1. The Balaban J connectivity index is 1.91. The fourth-order valence-corrected chi connectivity index (χ4v) is 3.89. The maximum atomic E-state index is 13.9. The van der Waals surface area contributed by atoms with Gasteiger partial charge < -0.3 is 4.98 Å². The van der Waals surface area contributed by atoms with Crippen LogP contribution in [-0.2, 0) is 16.2 Å². The van der Waals surface area contributed by atoms with Crippen LogP contribution in [0, 0.1) is 23.0 Å². The van der Waals surface area contributed by atoms with Gasteiger partial charge in [0.1, 0.15) is 32.5 Å². The largest absolute Gasteiger partial charge is 0.419 e. The van der Waals surface area contributed by atoms with Crippen LogP contribution in [-0.4, -0.2) is 18.4 Å². The van der Waals surface area contributed by atoms with E-state index in [-0.39, 0.29) is 22.7 Å². The Morgan fingerprint density at radius 1 is 1.18 bits per heavy atom. The first kappa shape index (κ1) is 19.8. The lowest BCUT2D eigenvalue weighted by Crippen LogP contribution is -2.15. The number of thiazole rings is 1. The highest BCUT2D eigenvalue weighted by molar-refractivity contribution is 7.92. The molecule has 0 aliphatic rings. The Labute approximate surface area is 158 Å². The van der Waals surface area contributed by atoms with Crippen LogP contribution in [0.25, 0.3) is 10.7 Å². The molecular weight excluding hydrogens is 427 g/mol. The summed E-state index contributed by atoms with van der Waals surface area (Å²) in [7, 11) is -4.44. The summed E-state index contributed by atoms with van der Waals surface area (Å²) in [6.45, 7) is 0. The first-order valence-corrected chi connectivity index (χ1v) is 9.45. The van der Waals surface area contributed by atoms with Crippen LogP contribution in [0.2, 0.25) is 0 Å². The second-order valence-electron chi connectivity index (χ2n) is 5.31. The van der Waals surface area contributed by atoms with Crippen molar-refractivity contribution in [2.75, 3.05) is 4.72 Å². The summed E-state index contributed by atoms with van der Waals surface area (Å²) in [6, 6.07) is 2.98. The average Bonchev–Trinajstić information content (AvgIpc) is 3.25. The van der Waals surface area contributed by atoms with Gasteiger partial charge >= 0.3 is 6.18 Å². The van der Waals surface area contributed by atoms with Crippen LogP contribution in [0.1, 0.15) is 10.4 Å². The predicted molar refractivity (Wildman–Crippen MR) is 88.8 cm³/mol. The third-order valence-electron chi connectivity index (χ3n) is 3.42. The molecule has 0 saturated carbocycles. The zero-order valence-electron chi connectivity index (χ0n) is 13.3. The zero-order chi connectivity index (χ0) is 20.7. The van der Waals surface area contributed by atoms with E-state index < -0.39 is 44.0 Å². The van der Waals surface area contributed by atoms with E-state index in [9.17, 15) is 30.4 Å². The van der Waals surface area contributed by atoms with Gasteiger partial charge in [-0.1, -0.05) is 0 Å². The van der Waals surface area contributed by atoms with E-state index in [1.54, 1.807) is 4.72 Å². The van der Waals surface area contributed by atoms with E-state index in [4.69, 9.17) is 5.26 Å². The lowest BCUT2D eigenvalue weighted by atomic mass is 10.2. The van der Waals surface area contributed by atoms with Crippen molar-refractivity contribution < 1.29 is 30.4 Å². The fraction of sp³-hybridized carbons (Fsp3) is 0.0667. The second kappa shape index (κ2) is 6.88. The summed E-state index contributed by atoms with van der Waals surface area (Å²) in [5.41, 5.74) is -2.59. The van der Waals surface area contributed by atoms with Gasteiger partial charge in [0.2, 0.25) is 0 Å². The van der Waals surface area contributed by atoms with E-state index in [0.29, 0.717) is 5.01 Å². The van der Waals surface area contributed by atoms with E-state index in [2.05, 4.69) is 9.97 Å². The Kier molecular flexibility index (Phi) is 4.86. The van der Waals surface area contributed by atoms with Gasteiger partial charge in [0.05, 0.1) is 23.1 Å². The standard InChI is InChI=1S/C15H7F5N4O2S2/c16-10-3-12(11(17)2-9(10)15(18,19)20)24-28(25,26)8-1-13(22-6-8)14-23-5-7(4-21)27-14/h1-3,5-6,22,24H. The number of rotatable bonds is 4. The van der Waals surface area contributed by atoms with Crippen molar-refractivity contribution in [1.82, 2.24) is 9.97 Å². The van der Waals surface area contributed by atoms with Gasteiger partial charge in [-0.05, 0) is 12.1 Å². The first-order chi connectivity index (χ1) is 13.0. The topological polar surface area (TPSA) is 98.6 Å². The lowest BCUT2D eigenvalue weighted by Gasteiger charge is -2.12. The molecule has 0 radical (unpaired) electrons. The molecule has 0 unspecified atom stereocenters. The van der Waals surface area contributed by atoms with Crippen LogP contribution >= 0.6 is 11.3 Å². The summed E-state index contributed by atoms with van der Waals surface area (Å²) < 4.78 is 91.6. The third kappa shape index (κ3) is 3.82. The van der Waals surface area contributed by atoms with Crippen LogP contribution in [0.5, 0.6) is 0 Å². The van der Waals surface area contributed by atoms with Crippen LogP contribution in [0.4, 0.5) is 27.6 Å². The molecule has 146 valence electrons. The highest BCUT2D eigenvalue weighted by Crippen LogP contribution is 2.34. The molecule has 0 aliphatic carbocycles. The molecule has 0 atom stereocenters. The number of nitrogens with zero attached hydrogens (tertiary/aromatic N) is 2. The molecule has 0 amide bonds. The van der Waals surface area contributed by atoms with Gasteiger partial charge in [-0.3, -0.25) is 4.72 Å². The molecule has 0 aliphatic heterocycles. The smallest absolute Gasteiger partial charge is 0.358 e. The molecule has 0 saturated heterocycles. The van der Waals surface area contributed by atoms with Crippen molar-refractivity contribution >= 4 is 27.0 Å². The molecule has 1 aromatic carbocycles. The molecule has 2 N–H and O–H groups in total. The fourth-order valence-electron chi connectivity index (χ4n) is 2.15. The van der Waals surface area contributed by atoms with Crippen molar-refractivity contribution in [1.29, 1.82) is 5.26 Å². The molecule has 2 aromatic heterocycles. The summed E-state index contributed by atoms with van der Waals surface area (Å²) in [4.78, 5) is 6.43. The van der Waals surface area contributed by atoms with Gasteiger partial charge in [0.15, 0.2) is 0 Å². The highest BCUT2D eigenvalue weighted by Gasteiger charge is 2.35. The second-order valence-corrected chi connectivity index (χ2v) is 8.02. The van der Waals surface area contributed by atoms with E-state index in [1.807, 2.05) is 6.07 Å². The van der Waals surface area contributed by atoms with Crippen molar-refractivity contribution in [2.45, 2.75) is 11.1 Å². The number of anilines is 1. The van der Waals surface area contributed by atoms with Crippen molar-refractivity contribution in [3.05, 3.63) is 52.7 Å². The summed E-state index contributed by atoms with van der Waals surface area (Å²) in [5.74, 6) is -3.42. The van der Waals surface area contributed by atoms with E-state index >= 15 is 0 Å². The monoisotopic (exact) mass is 434 g/mol. The molecule has 3 aromatic rings. The van der Waals surface area contributed by atoms with Crippen LogP contribution in [0.15, 0.2) is 35.5 Å². The molecule has 6 nitrogen and oxygen atoms in total. The lowest BCUT2D eigenvalue weighted by molar-refractivity contribution is -0.140. The van der Waals surface area contributed by atoms with Crippen LogP contribution < -0.4 is 4.72 Å². The van der Waals surface area contributed by atoms with Crippen LogP contribution in [0.3, 0.4) is 0 Å². The Hall–Kier alpha value is -2.98.